The van der Waals surface area contributed by atoms with Crippen LogP contribution in [0.4, 0.5) is 0 Å². The fourth-order valence-corrected chi connectivity index (χ4v) is 15.1. The molecule has 1 aromatic heterocycles. The van der Waals surface area contributed by atoms with Crippen molar-refractivity contribution in [1.29, 1.82) is 0 Å². The lowest BCUT2D eigenvalue weighted by Crippen LogP contribution is -2.54. The molecule has 0 saturated carbocycles. The van der Waals surface area contributed by atoms with Gasteiger partial charge in [0.2, 0.25) is 8.32 Å². The van der Waals surface area contributed by atoms with Crippen molar-refractivity contribution in [2.75, 3.05) is 27.4 Å². The van der Waals surface area contributed by atoms with Crippen LogP contribution < -0.4 is 9.47 Å². The summed E-state index contributed by atoms with van der Waals surface area (Å²) in [5.41, 5.74) is 7.10. The maximum absolute atomic E-state index is 7.63. The highest BCUT2D eigenvalue weighted by Crippen LogP contribution is 2.46. The summed E-state index contributed by atoms with van der Waals surface area (Å²) in [6.07, 6.45) is 4.30. The third kappa shape index (κ3) is 10.0. The first-order valence-electron chi connectivity index (χ1n) is 19.4. The molecule has 0 N–H and O–H groups in total. The fourth-order valence-electron chi connectivity index (χ4n) is 8.05. The van der Waals surface area contributed by atoms with Crippen LogP contribution in [0.3, 0.4) is 0 Å². The van der Waals surface area contributed by atoms with Crippen molar-refractivity contribution in [2.24, 2.45) is 5.92 Å². The molecule has 1 aliphatic rings. The Morgan fingerprint density at radius 3 is 1.90 bits per heavy atom. The topological polar surface area (TPSA) is 60.3 Å². The first-order chi connectivity index (χ1) is 23.7. The van der Waals surface area contributed by atoms with Crippen molar-refractivity contribution in [2.45, 2.75) is 163 Å². The first kappa shape index (κ1) is 43.5. The lowest BCUT2D eigenvalue weighted by Gasteiger charge is -2.48. The van der Waals surface area contributed by atoms with Crippen LogP contribution in [0.25, 0.3) is 5.69 Å². The number of rotatable bonds is 18. The highest BCUT2D eigenvalue weighted by atomic mass is 28.4. The summed E-state index contributed by atoms with van der Waals surface area (Å²) in [7, 11) is -0.907. The predicted octanol–water partition coefficient (Wildman–Crippen LogP) is 11.3. The number of ether oxygens (including phenoxy) is 4. The summed E-state index contributed by atoms with van der Waals surface area (Å²) in [4.78, 5) is 0. The van der Waals surface area contributed by atoms with Gasteiger partial charge >= 0.3 is 0 Å². The van der Waals surface area contributed by atoms with Crippen molar-refractivity contribution in [3.8, 4) is 17.2 Å². The number of allylic oxidation sites excluding steroid dienone is 1. The summed E-state index contributed by atoms with van der Waals surface area (Å²) in [6, 6.07) is 8.47. The van der Waals surface area contributed by atoms with Crippen LogP contribution >= 0.6 is 0 Å². The van der Waals surface area contributed by atoms with Crippen LogP contribution in [0.2, 0.25) is 34.8 Å². The minimum absolute atomic E-state index is 0.0602. The van der Waals surface area contributed by atoms with Gasteiger partial charge in [0.1, 0.15) is 11.5 Å². The van der Waals surface area contributed by atoms with Crippen LogP contribution in [0, 0.1) is 19.8 Å². The molecule has 51 heavy (non-hydrogen) atoms. The van der Waals surface area contributed by atoms with Gasteiger partial charge in [0.15, 0.2) is 14.6 Å². The number of hydrogen-bond donors (Lipinski definition) is 0. The van der Waals surface area contributed by atoms with Gasteiger partial charge in [0, 0.05) is 35.4 Å². The molecule has 0 spiro atoms. The Labute approximate surface area is 314 Å². The normalized spacial score (nSPS) is 17.1. The zero-order valence-electron chi connectivity index (χ0n) is 35.4. The molecule has 7 nitrogen and oxygen atoms in total. The maximum atomic E-state index is 7.63. The zero-order chi connectivity index (χ0) is 38.5. The van der Waals surface area contributed by atoms with Gasteiger partial charge in [0.25, 0.3) is 0 Å². The Balaban J connectivity index is 2.07. The van der Waals surface area contributed by atoms with Crippen molar-refractivity contribution < 1.29 is 27.8 Å². The second kappa shape index (κ2) is 18.0. The number of hydrogen-bond acceptors (Lipinski definition) is 6. The van der Waals surface area contributed by atoms with E-state index in [4.69, 9.17) is 27.8 Å². The average Bonchev–Trinajstić information content (AvgIpc) is 3.68. The van der Waals surface area contributed by atoms with Crippen LogP contribution in [-0.4, -0.2) is 67.1 Å². The fraction of sp³-hybridized carbons (Fsp3) is 0.714. The van der Waals surface area contributed by atoms with Gasteiger partial charge in [-0.25, -0.2) is 0 Å². The van der Waals surface area contributed by atoms with E-state index in [0.29, 0.717) is 36.3 Å². The molecule has 0 bridgehead atoms. The Bertz CT molecular complexity index is 1390. The van der Waals surface area contributed by atoms with Crippen molar-refractivity contribution >= 4 is 16.6 Å². The van der Waals surface area contributed by atoms with Gasteiger partial charge in [-0.3, -0.25) is 0 Å². The summed E-state index contributed by atoms with van der Waals surface area (Å²) in [5.74, 6) is 1.80. The van der Waals surface area contributed by atoms with E-state index >= 15 is 0 Å². The average molecular weight is 744 g/mol. The third-order valence-electron chi connectivity index (χ3n) is 11.9. The molecule has 2 heterocycles. The molecule has 0 amide bonds. The van der Waals surface area contributed by atoms with Gasteiger partial charge < -0.3 is 32.4 Å². The lowest BCUT2D eigenvalue weighted by atomic mass is 9.90. The molecule has 0 radical (unpaired) electrons. The van der Waals surface area contributed by atoms with Crippen molar-refractivity contribution in [3.05, 3.63) is 52.9 Å². The number of aromatic nitrogens is 1. The molecule has 1 aliphatic heterocycles. The molecule has 0 unspecified atom stereocenters. The van der Waals surface area contributed by atoms with Gasteiger partial charge in [0.05, 0.1) is 45.3 Å². The van der Waals surface area contributed by atoms with Crippen molar-refractivity contribution in [1.82, 2.24) is 4.57 Å². The second-order valence-electron chi connectivity index (χ2n) is 17.3. The van der Waals surface area contributed by atoms with E-state index in [1.54, 1.807) is 14.2 Å². The van der Waals surface area contributed by atoms with Crippen LogP contribution in [0.5, 0.6) is 11.5 Å². The number of aryl methyl sites for hydroxylation is 3. The van der Waals surface area contributed by atoms with Gasteiger partial charge in [-0.2, -0.15) is 0 Å². The first-order valence-corrected chi connectivity index (χ1v) is 24.4. The SMILES string of the molecule is COc1cc(CCC=C(C)[C@H](O[Si](C)(C)C(C)(C)C)[C@@H](C)[C@H](CC2OCCO2)O[Si](C(C)C)(C(C)C)C(C)C)c(OC)c(-n2c(C)ccc2C)c1. The van der Waals surface area contributed by atoms with Gasteiger partial charge in [-0.15, -0.1) is 0 Å². The molecule has 9 heteroatoms. The summed E-state index contributed by atoms with van der Waals surface area (Å²) in [5, 5.41) is 0.0602. The molecule has 3 rings (SSSR count). The highest BCUT2D eigenvalue weighted by Gasteiger charge is 2.49. The zero-order valence-corrected chi connectivity index (χ0v) is 37.4. The van der Waals surface area contributed by atoms with Crippen LogP contribution in [0.15, 0.2) is 35.9 Å². The van der Waals surface area contributed by atoms with E-state index in [1.807, 2.05) is 0 Å². The summed E-state index contributed by atoms with van der Waals surface area (Å²) >= 11 is 0. The third-order valence-corrected chi connectivity index (χ3v) is 22.5. The smallest absolute Gasteiger partial charge is 0.200 e. The molecule has 3 atom stereocenters. The maximum Gasteiger partial charge on any atom is 0.200 e. The van der Waals surface area contributed by atoms with Gasteiger partial charge in [-0.05, 0) is 92.1 Å². The van der Waals surface area contributed by atoms with Crippen LogP contribution in [0.1, 0.15) is 106 Å². The van der Waals surface area contributed by atoms with Gasteiger partial charge in [-0.1, -0.05) is 75.3 Å². The monoisotopic (exact) mass is 743 g/mol. The Kier molecular flexibility index (Phi) is 15.3. The Morgan fingerprint density at radius 2 is 1.43 bits per heavy atom. The lowest BCUT2D eigenvalue weighted by molar-refractivity contribution is -0.0823. The molecular formula is C42H73NO6Si2. The largest absolute Gasteiger partial charge is 0.497 e. The number of methoxy groups -OCH3 is 2. The second-order valence-corrected chi connectivity index (χ2v) is 27.5. The van der Waals surface area contributed by atoms with E-state index in [-0.39, 0.29) is 29.5 Å². The molecule has 0 aliphatic carbocycles. The predicted molar refractivity (Wildman–Crippen MR) is 218 cm³/mol. The highest BCUT2D eigenvalue weighted by molar-refractivity contribution is 6.77. The molecule has 1 fully saturated rings. The van der Waals surface area contributed by atoms with Crippen molar-refractivity contribution in [3.63, 3.8) is 0 Å². The molecule has 1 saturated heterocycles. The Morgan fingerprint density at radius 1 is 0.882 bits per heavy atom. The number of nitrogens with zero attached hydrogens (tertiary/aromatic N) is 1. The van der Waals surface area contributed by atoms with E-state index < -0.39 is 16.6 Å². The van der Waals surface area contributed by atoms with Crippen LogP contribution in [-0.2, 0) is 24.7 Å². The quantitative estimate of drug-likeness (QED) is 0.112. The van der Waals surface area contributed by atoms with E-state index in [0.717, 1.165) is 47.0 Å². The minimum Gasteiger partial charge on any atom is -0.497 e. The molecule has 2 aromatic rings. The molecular weight excluding hydrogens is 671 g/mol. The minimum atomic E-state index is -2.23. The summed E-state index contributed by atoms with van der Waals surface area (Å²) in [6.45, 7) is 36.0. The summed E-state index contributed by atoms with van der Waals surface area (Å²) < 4.78 is 41.3. The molecule has 290 valence electrons. The molecule has 1 aromatic carbocycles. The Hall–Kier alpha value is -1.89. The van der Waals surface area contributed by atoms with E-state index in [9.17, 15) is 0 Å². The van der Waals surface area contributed by atoms with E-state index in [1.165, 1.54) is 5.57 Å². The standard InChI is InChI=1S/C42H73NO6Si2/c1-28(2)51(29(3)4,30(5)6)48-38(27-39-46-23-24-47-39)34(10)40(49-50(16,17)42(11,12)13)31(7)19-18-20-35-25-36(44-14)26-37(41(35)45-15)43-32(8)21-22-33(43)9/h19,21-22,25-26,28-30,34,38-40H,18,20,23-24,27H2,1-17H3/t34-,38-,40-/m0/s1. The number of benzene rings is 1. The van der Waals surface area contributed by atoms with E-state index in [2.05, 4.69) is 138 Å².